The zero-order valence-corrected chi connectivity index (χ0v) is 23.3. The number of hydrogen-bond donors (Lipinski definition) is 0. The molecule has 1 atom stereocenters. The minimum absolute atomic E-state index is 0.179. The lowest BCUT2D eigenvalue weighted by molar-refractivity contribution is -0.131. The summed E-state index contributed by atoms with van der Waals surface area (Å²) >= 11 is 0. The molecule has 0 radical (unpaired) electrons. The van der Waals surface area contributed by atoms with Crippen LogP contribution in [-0.2, 0) is 17.8 Å². The number of halogens is 1. The lowest BCUT2D eigenvalue weighted by atomic mass is 9.99. The van der Waals surface area contributed by atoms with Crippen molar-refractivity contribution in [3.8, 4) is 6.01 Å². The number of carbonyl (C=O) groups excluding carboxylic acids is 1. The molecule has 3 aromatic rings. The molecule has 8 nitrogen and oxygen atoms in total. The van der Waals surface area contributed by atoms with Gasteiger partial charge in [-0.3, -0.25) is 4.79 Å². The third-order valence-electron chi connectivity index (χ3n) is 7.64. The van der Waals surface area contributed by atoms with Gasteiger partial charge in [0.05, 0.1) is 12.2 Å². The Morgan fingerprint density at radius 1 is 1.13 bits per heavy atom. The van der Waals surface area contributed by atoms with Crippen LogP contribution in [0.2, 0.25) is 0 Å². The van der Waals surface area contributed by atoms with Gasteiger partial charge in [-0.25, -0.2) is 4.39 Å². The highest BCUT2D eigenvalue weighted by Crippen LogP contribution is 2.35. The Balaban J connectivity index is 1.47. The van der Waals surface area contributed by atoms with Gasteiger partial charge in [-0.15, -0.1) is 0 Å². The third-order valence-corrected chi connectivity index (χ3v) is 7.64. The van der Waals surface area contributed by atoms with E-state index in [1.165, 1.54) is 22.0 Å². The number of amides is 1. The molecule has 0 saturated carbocycles. The van der Waals surface area contributed by atoms with Gasteiger partial charge in [-0.05, 0) is 51.4 Å². The summed E-state index contributed by atoms with van der Waals surface area (Å²) in [5.74, 6) is -0.706. The van der Waals surface area contributed by atoms with Crippen molar-refractivity contribution in [1.29, 1.82) is 0 Å². The molecular weight excluding hydrogens is 495 g/mol. The van der Waals surface area contributed by atoms with Crippen LogP contribution in [0.25, 0.3) is 10.8 Å². The third kappa shape index (κ3) is 5.54. The molecule has 0 spiro atoms. The van der Waals surface area contributed by atoms with E-state index in [2.05, 4.69) is 64.6 Å². The van der Waals surface area contributed by atoms with Crippen LogP contribution in [0, 0.1) is 6.92 Å². The first-order valence-corrected chi connectivity index (χ1v) is 13.5. The zero-order valence-electron chi connectivity index (χ0n) is 23.3. The topological polar surface area (TPSA) is 65.0 Å². The van der Waals surface area contributed by atoms with Gasteiger partial charge in [0.2, 0.25) is 0 Å². The molecule has 0 unspecified atom stereocenters. The number of aryl methyl sites for hydroxylation is 1. The van der Waals surface area contributed by atoms with Crippen LogP contribution >= 0.6 is 0 Å². The molecule has 2 aliphatic rings. The summed E-state index contributed by atoms with van der Waals surface area (Å²) in [6.07, 6.45) is 0.791. The van der Waals surface area contributed by atoms with Gasteiger partial charge in [-0.2, -0.15) is 9.97 Å². The molecule has 2 aromatic carbocycles. The second kappa shape index (κ2) is 11.2. The highest BCUT2D eigenvalue weighted by Gasteiger charge is 2.33. The normalized spacial score (nSPS) is 17.5. The Morgan fingerprint density at radius 2 is 1.90 bits per heavy atom. The van der Waals surface area contributed by atoms with E-state index >= 15 is 0 Å². The highest BCUT2D eigenvalue weighted by atomic mass is 19.1. The number of likely N-dealkylation sites (N-methyl/N-ethyl adjacent to an activating group) is 1. The number of nitrogens with zero attached hydrogens (tertiary/aromatic N) is 6. The van der Waals surface area contributed by atoms with E-state index in [0.29, 0.717) is 38.8 Å². The minimum Gasteiger partial charge on any atom is -0.462 e. The molecule has 1 amide bonds. The van der Waals surface area contributed by atoms with Crippen molar-refractivity contribution in [3.05, 3.63) is 65.6 Å². The van der Waals surface area contributed by atoms with Crippen LogP contribution in [-0.4, -0.2) is 85.1 Å². The first-order chi connectivity index (χ1) is 18.7. The quantitative estimate of drug-likeness (QED) is 0.427. The SMILES string of the molecule is C=C(F)C(=O)N1CCN(c2nc(OCCN(C)C)nc3c2CCN(c2cccc4cccc(C)c24)C3)C[C@@H]1C. The summed E-state index contributed by atoms with van der Waals surface area (Å²) in [5.41, 5.74) is 4.53. The van der Waals surface area contributed by atoms with Gasteiger partial charge in [0.15, 0.2) is 5.83 Å². The van der Waals surface area contributed by atoms with Crippen molar-refractivity contribution < 1.29 is 13.9 Å². The van der Waals surface area contributed by atoms with Gasteiger partial charge >= 0.3 is 6.01 Å². The number of benzene rings is 2. The summed E-state index contributed by atoms with van der Waals surface area (Å²) in [7, 11) is 4.00. The van der Waals surface area contributed by atoms with E-state index in [9.17, 15) is 9.18 Å². The molecule has 1 fully saturated rings. The predicted octanol–water partition coefficient (Wildman–Crippen LogP) is 3.96. The lowest BCUT2D eigenvalue weighted by Crippen LogP contribution is -2.54. The van der Waals surface area contributed by atoms with Crippen molar-refractivity contribution in [2.75, 3.05) is 63.2 Å². The minimum atomic E-state index is -0.921. The number of anilines is 2. The number of aromatic nitrogens is 2. The number of hydrogen-bond acceptors (Lipinski definition) is 7. The van der Waals surface area contributed by atoms with Crippen LogP contribution in [0.1, 0.15) is 23.7 Å². The molecular formula is C30H37FN6O2. The van der Waals surface area contributed by atoms with Crippen LogP contribution in [0.15, 0.2) is 48.8 Å². The van der Waals surface area contributed by atoms with E-state index in [-0.39, 0.29) is 6.04 Å². The van der Waals surface area contributed by atoms with E-state index in [1.54, 1.807) is 4.90 Å². The zero-order chi connectivity index (χ0) is 27.7. The van der Waals surface area contributed by atoms with Crippen molar-refractivity contribution >= 4 is 28.2 Å². The second-order valence-corrected chi connectivity index (χ2v) is 10.7. The van der Waals surface area contributed by atoms with Crippen LogP contribution in [0.3, 0.4) is 0 Å². The maximum atomic E-state index is 13.6. The van der Waals surface area contributed by atoms with Gasteiger partial charge in [0.25, 0.3) is 5.91 Å². The number of fused-ring (bicyclic) bond motifs is 2. The number of piperazine rings is 1. The molecule has 0 aliphatic carbocycles. The molecule has 3 heterocycles. The summed E-state index contributed by atoms with van der Waals surface area (Å²) in [6, 6.07) is 13.1. The maximum absolute atomic E-state index is 13.6. The Bertz CT molecular complexity index is 1390. The average Bonchev–Trinajstić information content (AvgIpc) is 2.91. The Hall–Kier alpha value is -3.72. The Morgan fingerprint density at radius 3 is 2.62 bits per heavy atom. The summed E-state index contributed by atoms with van der Waals surface area (Å²) in [6.45, 7) is 11.5. The average molecular weight is 533 g/mol. The molecule has 9 heteroatoms. The number of rotatable bonds is 7. The fourth-order valence-electron chi connectivity index (χ4n) is 5.62. The second-order valence-electron chi connectivity index (χ2n) is 10.7. The number of carbonyl (C=O) groups is 1. The molecule has 2 aliphatic heterocycles. The molecule has 0 N–H and O–H groups in total. The fraction of sp³-hybridized carbons (Fsp3) is 0.433. The highest BCUT2D eigenvalue weighted by molar-refractivity contribution is 5.97. The van der Waals surface area contributed by atoms with Crippen LogP contribution in [0.5, 0.6) is 6.01 Å². The predicted molar refractivity (Wildman–Crippen MR) is 153 cm³/mol. The standard InChI is InChI=1S/C30H37FN6O2/c1-20-8-6-9-23-10-7-11-26(27(20)23)35-13-12-24-25(19-35)32-30(39-17-16-34(4)5)33-28(24)36-14-15-37(21(2)18-36)29(38)22(3)31/h6-11,21H,3,12-19H2,1-2,4-5H3/t21-/m0/s1. The monoisotopic (exact) mass is 532 g/mol. The number of ether oxygens (including phenoxy) is 1. The molecule has 39 heavy (non-hydrogen) atoms. The van der Waals surface area contributed by atoms with E-state index in [4.69, 9.17) is 14.7 Å². The van der Waals surface area contributed by atoms with Crippen molar-refractivity contribution in [2.45, 2.75) is 32.9 Å². The Labute approximate surface area is 229 Å². The van der Waals surface area contributed by atoms with Crippen molar-refractivity contribution in [2.24, 2.45) is 0 Å². The first-order valence-electron chi connectivity index (χ1n) is 13.5. The van der Waals surface area contributed by atoms with E-state index in [1.807, 2.05) is 21.0 Å². The van der Waals surface area contributed by atoms with E-state index in [0.717, 1.165) is 36.6 Å². The molecule has 206 valence electrons. The summed E-state index contributed by atoms with van der Waals surface area (Å²) in [5, 5.41) is 2.50. The van der Waals surface area contributed by atoms with Gasteiger partial charge < -0.3 is 24.3 Å². The maximum Gasteiger partial charge on any atom is 0.318 e. The van der Waals surface area contributed by atoms with Crippen molar-refractivity contribution in [1.82, 2.24) is 19.8 Å². The summed E-state index contributed by atoms with van der Waals surface area (Å²) < 4.78 is 19.6. The lowest BCUT2D eigenvalue weighted by Gasteiger charge is -2.41. The van der Waals surface area contributed by atoms with Gasteiger partial charge in [0.1, 0.15) is 12.4 Å². The van der Waals surface area contributed by atoms with E-state index < -0.39 is 11.7 Å². The molecule has 1 aromatic heterocycles. The van der Waals surface area contributed by atoms with Crippen molar-refractivity contribution in [3.63, 3.8) is 0 Å². The Kier molecular flexibility index (Phi) is 7.70. The van der Waals surface area contributed by atoms with Crippen LogP contribution in [0.4, 0.5) is 15.9 Å². The largest absolute Gasteiger partial charge is 0.462 e. The molecule has 0 bridgehead atoms. The van der Waals surface area contributed by atoms with Gasteiger partial charge in [0, 0.05) is 55.4 Å². The van der Waals surface area contributed by atoms with Crippen LogP contribution < -0.4 is 14.5 Å². The smallest absolute Gasteiger partial charge is 0.318 e. The summed E-state index contributed by atoms with van der Waals surface area (Å²) in [4.78, 5) is 30.2. The first kappa shape index (κ1) is 26.9. The molecule has 1 saturated heterocycles. The molecule has 5 rings (SSSR count). The fourth-order valence-corrected chi connectivity index (χ4v) is 5.62. The van der Waals surface area contributed by atoms with Gasteiger partial charge in [-0.1, -0.05) is 36.9 Å².